The van der Waals surface area contributed by atoms with Crippen LogP contribution in [0, 0.1) is 0 Å². The number of nitrogens with zero attached hydrogens (tertiary/aromatic N) is 1. The molecule has 1 aliphatic rings. The number of piperidine rings is 1. The van der Waals surface area contributed by atoms with Gasteiger partial charge >= 0.3 is 6.09 Å². The molecular weight excluding hydrogens is 296 g/mol. The molecule has 1 saturated heterocycles. The zero-order chi connectivity index (χ0) is 17.5. The first-order valence-electron chi connectivity index (χ1n) is 8.64. The van der Waals surface area contributed by atoms with E-state index < -0.39 is 11.2 Å². The summed E-state index contributed by atoms with van der Waals surface area (Å²) < 4.78 is 10.8. The van der Waals surface area contributed by atoms with Crippen LogP contribution in [0.5, 0.6) is 0 Å². The fourth-order valence-electron chi connectivity index (χ4n) is 2.45. The predicted molar refractivity (Wildman–Crippen MR) is 90.6 cm³/mol. The normalized spacial score (nSPS) is 18.3. The molecule has 0 aromatic rings. The molecule has 1 aliphatic heterocycles. The number of likely N-dealkylation sites (tertiary alicyclic amines) is 1. The van der Waals surface area contributed by atoms with Gasteiger partial charge in [0.1, 0.15) is 5.60 Å². The highest BCUT2D eigenvalue weighted by Gasteiger charge is 2.34. The number of rotatable bonds is 7. The molecule has 23 heavy (non-hydrogen) atoms. The molecule has 136 valence electrons. The van der Waals surface area contributed by atoms with Gasteiger partial charge in [-0.05, 0) is 60.4 Å². The molecule has 1 rings (SSSR count). The highest BCUT2D eigenvalue weighted by Crippen LogP contribution is 2.23. The first-order valence-corrected chi connectivity index (χ1v) is 8.64. The Bertz CT molecular complexity index is 358. The van der Waals surface area contributed by atoms with E-state index in [0.717, 1.165) is 19.6 Å². The van der Waals surface area contributed by atoms with Crippen LogP contribution in [-0.4, -0.2) is 66.2 Å². The van der Waals surface area contributed by atoms with Crippen LogP contribution in [0.2, 0.25) is 0 Å². The first kappa shape index (κ1) is 20.2. The van der Waals surface area contributed by atoms with Crippen molar-refractivity contribution in [2.24, 2.45) is 0 Å². The number of hydrogen-bond donors (Lipinski definition) is 2. The first-order chi connectivity index (χ1) is 10.6. The van der Waals surface area contributed by atoms with Crippen molar-refractivity contribution in [1.82, 2.24) is 10.2 Å². The molecule has 0 saturated carbocycles. The molecule has 0 spiro atoms. The fourth-order valence-corrected chi connectivity index (χ4v) is 2.45. The average molecular weight is 330 g/mol. The van der Waals surface area contributed by atoms with Gasteiger partial charge in [0, 0.05) is 26.2 Å². The van der Waals surface area contributed by atoms with E-state index in [1.165, 1.54) is 0 Å². The van der Waals surface area contributed by atoms with Gasteiger partial charge in [-0.3, -0.25) is 0 Å². The lowest BCUT2D eigenvalue weighted by Gasteiger charge is -2.38. The summed E-state index contributed by atoms with van der Waals surface area (Å²) in [6.45, 7) is 12.8. The van der Waals surface area contributed by atoms with E-state index in [1.54, 1.807) is 4.90 Å². The Morgan fingerprint density at radius 2 is 1.91 bits per heavy atom. The standard InChI is InChI=1S/C17H34N2O4/c1-14(2)22-12-6-9-18-13-17(21)7-10-19(11-8-17)15(20)23-16(3,4)5/h14,18,21H,6-13H2,1-5H3. The van der Waals surface area contributed by atoms with Crippen LogP contribution in [-0.2, 0) is 9.47 Å². The number of carbonyl (C=O) groups is 1. The van der Waals surface area contributed by atoms with Gasteiger partial charge in [-0.1, -0.05) is 0 Å². The van der Waals surface area contributed by atoms with Gasteiger partial charge < -0.3 is 24.8 Å². The molecule has 0 unspecified atom stereocenters. The van der Waals surface area contributed by atoms with E-state index in [9.17, 15) is 9.90 Å². The molecule has 6 nitrogen and oxygen atoms in total. The summed E-state index contributed by atoms with van der Waals surface area (Å²) in [7, 11) is 0. The van der Waals surface area contributed by atoms with Gasteiger partial charge in [0.15, 0.2) is 0 Å². The minimum atomic E-state index is -0.739. The lowest BCUT2D eigenvalue weighted by Crippen LogP contribution is -2.52. The third-order valence-corrected chi connectivity index (χ3v) is 3.75. The zero-order valence-corrected chi connectivity index (χ0v) is 15.4. The van der Waals surface area contributed by atoms with E-state index in [2.05, 4.69) is 5.32 Å². The van der Waals surface area contributed by atoms with E-state index in [-0.39, 0.29) is 12.2 Å². The predicted octanol–water partition coefficient (Wildman–Crippen LogP) is 2.15. The topological polar surface area (TPSA) is 71.0 Å². The number of aliphatic hydroxyl groups is 1. The fraction of sp³-hybridized carbons (Fsp3) is 0.941. The monoisotopic (exact) mass is 330 g/mol. The van der Waals surface area contributed by atoms with Crippen molar-refractivity contribution < 1.29 is 19.4 Å². The Hall–Kier alpha value is -0.850. The van der Waals surface area contributed by atoms with Crippen LogP contribution in [0.25, 0.3) is 0 Å². The minimum Gasteiger partial charge on any atom is -0.444 e. The Morgan fingerprint density at radius 3 is 2.43 bits per heavy atom. The van der Waals surface area contributed by atoms with E-state index >= 15 is 0 Å². The third-order valence-electron chi connectivity index (χ3n) is 3.75. The van der Waals surface area contributed by atoms with Gasteiger partial charge in [-0.25, -0.2) is 4.79 Å². The quantitative estimate of drug-likeness (QED) is 0.700. The highest BCUT2D eigenvalue weighted by atomic mass is 16.6. The summed E-state index contributed by atoms with van der Waals surface area (Å²) >= 11 is 0. The van der Waals surface area contributed by atoms with E-state index in [1.807, 2.05) is 34.6 Å². The summed E-state index contributed by atoms with van der Waals surface area (Å²) in [6, 6.07) is 0. The molecule has 1 amide bonds. The molecule has 0 radical (unpaired) electrons. The zero-order valence-electron chi connectivity index (χ0n) is 15.4. The smallest absolute Gasteiger partial charge is 0.410 e. The van der Waals surface area contributed by atoms with E-state index in [0.29, 0.717) is 32.5 Å². The van der Waals surface area contributed by atoms with Crippen LogP contribution in [0.1, 0.15) is 53.9 Å². The number of hydrogen-bond acceptors (Lipinski definition) is 5. The van der Waals surface area contributed by atoms with Crippen LogP contribution < -0.4 is 5.32 Å². The molecule has 0 bridgehead atoms. The molecule has 2 N–H and O–H groups in total. The molecule has 0 aromatic heterocycles. The number of amides is 1. The van der Waals surface area contributed by atoms with Gasteiger partial charge in [0.2, 0.25) is 0 Å². The largest absolute Gasteiger partial charge is 0.444 e. The lowest BCUT2D eigenvalue weighted by molar-refractivity contribution is -0.0311. The average Bonchev–Trinajstić information content (AvgIpc) is 2.41. The molecule has 0 atom stereocenters. The molecule has 1 fully saturated rings. The van der Waals surface area contributed by atoms with Gasteiger partial charge in [0.25, 0.3) is 0 Å². The van der Waals surface area contributed by atoms with Gasteiger partial charge in [-0.15, -0.1) is 0 Å². The lowest BCUT2D eigenvalue weighted by atomic mass is 9.91. The van der Waals surface area contributed by atoms with Gasteiger partial charge in [-0.2, -0.15) is 0 Å². The Morgan fingerprint density at radius 1 is 1.30 bits per heavy atom. The third kappa shape index (κ3) is 8.53. The molecule has 0 aliphatic carbocycles. The van der Waals surface area contributed by atoms with Crippen molar-refractivity contribution in [2.75, 3.05) is 32.8 Å². The second-order valence-electron chi connectivity index (χ2n) is 7.64. The second-order valence-corrected chi connectivity index (χ2v) is 7.64. The van der Waals surface area contributed by atoms with E-state index in [4.69, 9.17) is 9.47 Å². The van der Waals surface area contributed by atoms with Crippen molar-refractivity contribution in [1.29, 1.82) is 0 Å². The number of carbonyl (C=O) groups excluding carboxylic acids is 1. The maximum absolute atomic E-state index is 12.0. The summed E-state index contributed by atoms with van der Waals surface area (Å²) in [4.78, 5) is 13.7. The summed E-state index contributed by atoms with van der Waals surface area (Å²) in [5.41, 5.74) is -1.22. The van der Waals surface area contributed by atoms with Crippen molar-refractivity contribution in [3.05, 3.63) is 0 Å². The van der Waals surface area contributed by atoms with Crippen LogP contribution in [0.15, 0.2) is 0 Å². The molecule has 0 aromatic carbocycles. The van der Waals surface area contributed by atoms with Crippen molar-refractivity contribution >= 4 is 6.09 Å². The Balaban J connectivity index is 2.22. The van der Waals surface area contributed by atoms with Crippen molar-refractivity contribution in [3.63, 3.8) is 0 Å². The molecular formula is C17H34N2O4. The Labute approximate surface area is 140 Å². The van der Waals surface area contributed by atoms with Crippen LogP contribution in [0.3, 0.4) is 0 Å². The maximum atomic E-state index is 12.0. The molecule has 1 heterocycles. The minimum absolute atomic E-state index is 0.261. The van der Waals surface area contributed by atoms with Gasteiger partial charge in [0.05, 0.1) is 11.7 Å². The second kappa shape index (κ2) is 8.85. The van der Waals surface area contributed by atoms with Crippen molar-refractivity contribution in [3.8, 4) is 0 Å². The maximum Gasteiger partial charge on any atom is 0.410 e. The van der Waals surface area contributed by atoms with Crippen LogP contribution >= 0.6 is 0 Å². The summed E-state index contributed by atoms with van der Waals surface area (Å²) in [5, 5.41) is 13.9. The number of nitrogens with one attached hydrogen (secondary N) is 1. The molecule has 6 heteroatoms. The number of ether oxygens (including phenoxy) is 2. The SMILES string of the molecule is CC(C)OCCCNCC1(O)CCN(C(=O)OC(C)(C)C)CC1. The van der Waals surface area contributed by atoms with Crippen molar-refractivity contribution in [2.45, 2.75) is 71.2 Å². The summed E-state index contributed by atoms with van der Waals surface area (Å²) in [5.74, 6) is 0. The highest BCUT2D eigenvalue weighted by molar-refractivity contribution is 5.68. The Kier molecular flexibility index (Phi) is 7.77. The van der Waals surface area contributed by atoms with Crippen LogP contribution in [0.4, 0.5) is 4.79 Å². The summed E-state index contributed by atoms with van der Waals surface area (Å²) in [6.07, 6.45) is 2.04.